The molecule has 0 radical (unpaired) electrons. The maximum Gasteiger partial charge on any atom is 0.230 e. The molecule has 2 aromatic carbocycles. The number of carbonyl (C=O) groups is 1. The second kappa shape index (κ2) is 10.0. The third kappa shape index (κ3) is 5.62. The second-order valence-corrected chi connectivity index (χ2v) is 10.9. The molecule has 0 saturated carbocycles. The summed E-state index contributed by atoms with van der Waals surface area (Å²) in [4.78, 5) is 21.8. The molecule has 9 heteroatoms. The first-order valence-corrected chi connectivity index (χ1v) is 13.1. The van der Waals surface area contributed by atoms with Crippen LogP contribution in [-0.4, -0.2) is 35.0 Å². The van der Waals surface area contributed by atoms with Crippen LogP contribution in [0.25, 0.3) is 11.3 Å². The summed E-state index contributed by atoms with van der Waals surface area (Å²) in [7, 11) is -4.07. The van der Waals surface area contributed by atoms with E-state index in [0.29, 0.717) is 11.4 Å². The van der Waals surface area contributed by atoms with E-state index in [0.717, 1.165) is 27.8 Å². The number of phenolic OH excluding ortho intramolecular Hbond substituents is 1. The fourth-order valence-electron chi connectivity index (χ4n) is 4.17. The molecule has 0 aliphatic rings. The van der Waals surface area contributed by atoms with E-state index in [2.05, 4.69) is 9.97 Å². The van der Waals surface area contributed by atoms with Gasteiger partial charge in [0.25, 0.3) is 0 Å². The molecule has 0 fully saturated rings. The number of carbonyl (C=O) groups excluding carboxylic acids is 1. The number of hydrogen-bond acceptors (Lipinski definition) is 8. The SMILES string of the molecule is Cc1cc(C)c(Oc2nc(-c3ccc(O)cc3C)ccc2C(=O)CS(=O)(=O)c2cccc(N)n2)c(C)c1. The first-order chi connectivity index (χ1) is 17.4. The van der Waals surface area contributed by atoms with Crippen molar-refractivity contribution in [3.63, 3.8) is 0 Å². The molecule has 4 aromatic rings. The second-order valence-electron chi connectivity index (χ2n) is 8.96. The molecule has 2 heterocycles. The van der Waals surface area contributed by atoms with Crippen molar-refractivity contribution in [3.05, 3.63) is 88.5 Å². The average Bonchev–Trinajstić information content (AvgIpc) is 2.81. The van der Waals surface area contributed by atoms with E-state index in [1.54, 1.807) is 24.3 Å². The quantitative estimate of drug-likeness (QED) is 0.323. The van der Waals surface area contributed by atoms with Gasteiger partial charge < -0.3 is 15.6 Å². The maximum atomic E-state index is 13.3. The van der Waals surface area contributed by atoms with E-state index in [-0.39, 0.29) is 28.0 Å². The van der Waals surface area contributed by atoms with Gasteiger partial charge in [0.2, 0.25) is 15.7 Å². The van der Waals surface area contributed by atoms with Crippen molar-refractivity contribution >= 4 is 21.4 Å². The lowest BCUT2D eigenvalue weighted by molar-refractivity contribution is 0.101. The summed E-state index contributed by atoms with van der Waals surface area (Å²) in [5, 5.41) is 9.51. The van der Waals surface area contributed by atoms with Gasteiger partial charge in [-0.1, -0.05) is 23.8 Å². The molecule has 0 atom stereocenters. The summed E-state index contributed by atoms with van der Waals surface area (Å²) in [5.41, 5.74) is 10.4. The molecule has 190 valence electrons. The third-order valence-corrected chi connectivity index (χ3v) is 7.34. The van der Waals surface area contributed by atoms with Gasteiger partial charge in [0.05, 0.1) is 11.3 Å². The molecule has 2 aromatic heterocycles. The minimum absolute atomic E-state index is 0.0132. The third-order valence-electron chi connectivity index (χ3n) is 5.83. The van der Waals surface area contributed by atoms with Crippen molar-refractivity contribution in [2.24, 2.45) is 0 Å². The number of ether oxygens (including phenoxy) is 1. The number of Topliss-reactive ketones (excluding diaryl/α,β-unsaturated/α-hetero) is 1. The standard InChI is InChI=1S/C28H27N3O5S/c1-16-12-18(3)27(19(4)13-16)36-28-22(10-11-23(30-28)21-9-8-20(32)14-17(21)2)24(33)15-37(34,35)26-7-5-6-25(29)31-26/h5-14,32H,15H2,1-4H3,(H2,29,31). The fourth-order valence-corrected chi connectivity index (χ4v) is 5.35. The van der Waals surface area contributed by atoms with Crippen molar-refractivity contribution in [2.45, 2.75) is 32.7 Å². The van der Waals surface area contributed by atoms with E-state index in [1.807, 2.05) is 39.8 Å². The van der Waals surface area contributed by atoms with Crippen LogP contribution in [0.15, 0.2) is 65.7 Å². The van der Waals surface area contributed by atoms with Gasteiger partial charge in [0.1, 0.15) is 23.1 Å². The molecule has 0 aliphatic heterocycles. The number of aryl methyl sites for hydroxylation is 4. The Morgan fingerprint density at radius 1 is 0.919 bits per heavy atom. The minimum Gasteiger partial charge on any atom is -0.508 e. The van der Waals surface area contributed by atoms with Gasteiger partial charge in [-0.15, -0.1) is 0 Å². The molecule has 4 rings (SSSR count). The summed E-state index contributed by atoms with van der Waals surface area (Å²) < 4.78 is 32.0. The Kier molecular flexibility index (Phi) is 7.00. The normalized spacial score (nSPS) is 11.4. The van der Waals surface area contributed by atoms with Gasteiger partial charge in [-0.05, 0) is 86.8 Å². The molecule has 0 unspecified atom stereocenters. The number of rotatable bonds is 7. The van der Waals surface area contributed by atoms with Crippen molar-refractivity contribution in [3.8, 4) is 28.6 Å². The van der Waals surface area contributed by atoms with Gasteiger partial charge in [-0.2, -0.15) is 0 Å². The van der Waals surface area contributed by atoms with Crippen LogP contribution in [0, 0.1) is 27.7 Å². The van der Waals surface area contributed by atoms with E-state index in [9.17, 15) is 18.3 Å². The van der Waals surface area contributed by atoms with Crippen LogP contribution < -0.4 is 10.5 Å². The molecule has 37 heavy (non-hydrogen) atoms. The highest BCUT2D eigenvalue weighted by Gasteiger charge is 2.26. The Morgan fingerprint density at radius 3 is 2.27 bits per heavy atom. The largest absolute Gasteiger partial charge is 0.508 e. The Hall–Kier alpha value is -4.24. The Bertz CT molecular complexity index is 1610. The maximum absolute atomic E-state index is 13.3. The molecule has 0 aliphatic carbocycles. The van der Waals surface area contributed by atoms with Gasteiger partial charge in [0.15, 0.2) is 10.8 Å². The van der Waals surface area contributed by atoms with Gasteiger partial charge in [-0.25, -0.2) is 18.4 Å². The van der Waals surface area contributed by atoms with Crippen LogP contribution >= 0.6 is 0 Å². The summed E-state index contributed by atoms with van der Waals surface area (Å²) in [6.07, 6.45) is 0. The van der Waals surface area contributed by atoms with Crippen LogP contribution in [0.2, 0.25) is 0 Å². The van der Waals surface area contributed by atoms with Crippen LogP contribution in [0.3, 0.4) is 0 Å². The molecule has 0 saturated heterocycles. The topological polar surface area (TPSA) is 132 Å². The number of benzene rings is 2. The van der Waals surface area contributed by atoms with Gasteiger partial charge >= 0.3 is 0 Å². The van der Waals surface area contributed by atoms with Crippen molar-refractivity contribution in [1.29, 1.82) is 0 Å². The van der Waals surface area contributed by atoms with E-state index >= 15 is 0 Å². The highest BCUT2D eigenvalue weighted by atomic mass is 32.2. The summed E-state index contributed by atoms with van der Waals surface area (Å²) in [5.74, 6) is -0.838. The molecule has 0 amide bonds. The number of hydrogen-bond donors (Lipinski definition) is 2. The number of aromatic hydroxyl groups is 1. The van der Waals surface area contributed by atoms with Gasteiger partial charge in [-0.3, -0.25) is 4.79 Å². The predicted octanol–water partition coefficient (Wildman–Crippen LogP) is 5.11. The lowest BCUT2D eigenvalue weighted by atomic mass is 10.0. The Labute approximate surface area is 215 Å². The lowest BCUT2D eigenvalue weighted by Gasteiger charge is -2.16. The van der Waals surface area contributed by atoms with E-state index in [1.165, 1.54) is 24.3 Å². The molecular formula is C28H27N3O5S. The highest BCUT2D eigenvalue weighted by Crippen LogP contribution is 2.34. The Morgan fingerprint density at radius 2 is 1.62 bits per heavy atom. The van der Waals surface area contributed by atoms with Gasteiger partial charge in [0, 0.05) is 5.56 Å². The summed E-state index contributed by atoms with van der Waals surface area (Å²) in [6, 6.07) is 16.1. The number of anilines is 1. The molecular weight excluding hydrogens is 490 g/mol. The number of pyridine rings is 2. The number of ketones is 1. The highest BCUT2D eigenvalue weighted by molar-refractivity contribution is 7.92. The zero-order valence-corrected chi connectivity index (χ0v) is 21.8. The number of nitrogen functional groups attached to an aromatic ring is 1. The lowest BCUT2D eigenvalue weighted by Crippen LogP contribution is -2.19. The predicted molar refractivity (Wildman–Crippen MR) is 142 cm³/mol. The van der Waals surface area contributed by atoms with E-state index in [4.69, 9.17) is 10.5 Å². The number of sulfone groups is 1. The van der Waals surface area contributed by atoms with Crippen LogP contribution in [-0.2, 0) is 9.84 Å². The first-order valence-electron chi connectivity index (χ1n) is 11.5. The monoisotopic (exact) mass is 517 g/mol. The van der Waals surface area contributed by atoms with E-state index < -0.39 is 21.4 Å². The number of aromatic nitrogens is 2. The molecule has 8 nitrogen and oxygen atoms in total. The molecule has 0 spiro atoms. The van der Waals surface area contributed by atoms with Crippen molar-refractivity contribution in [1.82, 2.24) is 9.97 Å². The molecule has 0 bridgehead atoms. The number of nitrogens with two attached hydrogens (primary N) is 1. The minimum atomic E-state index is -4.07. The average molecular weight is 518 g/mol. The van der Waals surface area contributed by atoms with Crippen LogP contribution in [0.5, 0.6) is 17.4 Å². The van der Waals surface area contributed by atoms with Crippen molar-refractivity contribution in [2.75, 3.05) is 11.5 Å². The zero-order chi connectivity index (χ0) is 26.9. The fraction of sp³-hybridized carbons (Fsp3) is 0.179. The zero-order valence-electron chi connectivity index (χ0n) is 20.9. The number of phenols is 1. The number of nitrogens with zero attached hydrogens (tertiary/aromatic N) is 2. The smallest absolute Gasteiger partial charge is 0.230 e. The Balaban J connectivity index is 1.80. The first kappa shape index (κ1) is 25.8. The summed E-state index contributed by atoms with van der Waals surface area (Å²) >= 11 is 0. The molecule has 3 N–H and O–H groups in total. The van der Waals surface area contributed by atoms with Crippen LogP contribution in [0.4, 0.5) is 5.82 Å². The summed E-state index contributed by atoms with van der Waals surface area (Å²) in [6.45, 7) is 7.58. The van der Waals surface area contributed by atoms with Crippen LogP contribution in [0.1, 0.15) is 32.6 Å². The van der Waals surface area contributed by atoms with Crippen molar-refractivity contribution < 1.29 is 23.1 Å².